The van der Waals surface area contributed by atoms with Gasteiger partial charge in [0.1, 0.15) is 0 Å². The van der Waals surface area contributed by atoms with E-state index < -0.39 is 0 Å². The summed E-state index contributed by atoms with van der Waals surface area (Å²) in [6.45, 7) is 7.24. The highest BCUT2D eigenvalue weighted by Gasteiger charge is 2.16. The molecule has 0 rings (SSSR count). The third-order valence-electron chi connectivity index (χ3n) is 1.88. The van der Waals surface area contributed by atoms with Crippen molar-refractivity contribution in [3.8, 4) is 0 Å². The van der Waals surface area contributed by atoms with Crippen LogP contribution >= 0.6 is 0 Å². The molecule has 12 heavy (non-hydrogen) atoms. The lowest BCUT2D eigenvalue weighted by molar-refractivity contribution is -0.120. The summed E-state index contributed by atoms with van der Waals surface area (Å²) in [5.74, 6) is -0.0702. The van der Waals surface area contributed by atoms with Crippen molar-refractivity contribution in [3.63, 3.8) is 0 Å². The number of rotatable bonds is 5. The molecule has 0 aromatic carbocycles. The van der Waals surface area contributed by atoms with Crippen LogP contribution in [0.15, 0.2) is 0 Å². The zero-order valence-corrected chi connectivity index (χ0v) is 8.31. The normalized spacial score (nSPS) is 11.3. The van der Waals surface area contributed by atoms with Gasteiger partial charge in [0, 0.05) is 6.54 Å². The first-order valence-corrected chi connectivity index (χ1v) is 4.48. The fourth-order valence-corrected chi connectivity index (χ4v) is 1.18. The van der Waals surface area contributed by atoms with Gasteiger partial charge in [-0.2, -0.15) is 0 Å². The smallest absolute Gasteiger partial charge is 0.233 e. The van der Waals surface area contributed by atoms with Gasteiger partial charge >= 0.3 is 0 Å². The number of hydrogen-bond donors (Lipinski definition) is 2. The van der Waals surface area contributed by atoms with Crippen molar-refractivity contribution in [3.05, 3.63) is 0 Å². The maximum atomic E-state index is 10.8. The van der Waals surface area contributed by atoms with Crippen molar-refractivity contribution in [1.29, 1.82) is 0 Å². The average molecular weight is 172 g/mol. The second-order valence-electron chi connectivity index (χ2n) is 3.90. The van der Waals surface area contributed by atoms with E-state index in [9.17, 15) is 4.79 Å². The van der Waals surface area contributed by atoms with Crippen LogP contribution in [-0.4, -0.2) is 19.0 Å². The Hall–Kier alpha value is -0.570. The minimum Gasteiger partial charge on any atom is -0.354 e. The van der Waals surface area contributed by atoms with Gasteiger partial charge in [-0.05, 0) is 11.8 Å². The lowest BCUT2D eigenvalue weighted by Crippen LogP contribution is -2.37. The highest BCUT2D eigenvalue weighted by atomic mass is 16.1. The van der Waals surface area contributed by atoms with Crippen molar-refractivity contribution in [1.82, 2.24) is 5.32 Å². The molecule has 0 spiro atoms. The van der Waals surface area contributed by atoms with Gasteiger partial charge in [0.25, 0.3) is 0 Å². The Kier molecular flexibility index (Phi) is 4.90. The van der Waals surface area contributed by atoms with Crippen LogP contribution in [0.4, 0.5) is 0 Å². The van der Waals surface area contributed by atoms with Gasteiger partial charge in [-0.3, -0.25) is 4.79 Å². The Morgan fingerprint density at radius 2 is 2.08 bits per heavy atom. The van der Waals surface area contributed by atoms with Crippen LogP contribution in [0.2, 0.25) is 0 Å². The summed E-state index contributed by atoms with van der Waals surface area (Å²) in [6.07, 6.45) is 2.27. The summed E-state index contributed by atoms with van der Waals surface area (Å²) in [7, 11) is 0. The molecule has 3 N–H and O–H groups in total. The number of carbonyl (C=O) groups excluding carboxylic acids is 1. The van der Waals surface area contributed by atoms with Gasteiger partial charge in [-0.1, -0.05) is 27.2 Å². The highest BCUT2D eigenvalue weighted by Crippen LogP contribution is 2.20. The van der Waals surface area contributed by atoms with Gasteiger partial charge in [0.05, 0.1) is 6.54 Å². The molecule has 0 radical (unpaired) electrons. The molecule has 0 saturated heterocycles. The monoisotopic (exact) mass is 172 g/mol. The van der Waals surface area contributed by atoms with Crippen LogP contribution in [0.1, 0.15) is 33.6 Å². The van der Waals surface area contributed by atoms with Crippen LogP contribution < -0.4 is 11.1 Å². The zero-order valence-electron chi connectivity index (χ0n) is 8.31. The number of amides is 1. The molecular weight excluding hydrogens is 152 g/mol. The molecule has 72 valence electrons. The van der Waals surface area contributed by atoms with E-state index in [2.05, 4.69) is 26.1 Å². The third kappa shape index (κ3) is 5.13. The first-order valence-electron chi connectivity index (χ1n) is 4.48. The Bertz CT molecular complexity index is 143. The molecular formula is C9H20N2O. The van der Waals surface area contributed by atoms with Crippen LogP contribution in [0.3, 0.4) is 0 Å². The van der Waals surface area contributed by atoms with Gasteiger partial charge < -0.3 is 11.1 Å². The van der Waals surface area contributed by atoms with Crippen molar-refractivity contribution >= 4 is 5.91 Å². The van der Waals surface area contributed by atoms with Gasteiger partial charge in [-0.25, -0.2) is 0 Å². The molecule has 1 amide bonds. The molecule has 0 heterocycles. The number of nitrogens with one attached hydrogen (secondary N) is 1. The van der Waals surface area contributed by atoms with Crippen molar-refractivity contribution in [2.45, 2.75) is 33.6 Å². The first kappa shape index (κ1) is 11.4. The molecule has 0 fully saturated rings. The molecule has 0 aromatic rings. The molecule has 0 bridgehead atoms. The molecule has 0 aromatic heterocycles. The predicted molar refractivity (Wildman–Crippen MR) is 50.8 cm³/mol. The van der Waals surface area contributed by atoms with E-state index in [-0.39, 0.29) is 17.9 Å². The summed E-state index contributed by atoms with van der Waals surface area (Å²) in [5, 5.41) is 2.79. The third-order valence-corrected chi connectivity index (χ3v) is 1.88. The Balaban J connectivity index is 3.67. The topological polar surface area (TPSA) is 55.1 Å². The van der Waals surface area contributed by atoms with Crippen LogP contribution in [-0.2, 0) is 4.79 Å². The number of nitrogens with two attached hydrogens (primary N) is 1. The zero-order chi connectivity index (χ0) is 9.61. The minimum absolute atomic E-state index is 0.0702. The van der Waals surface area contributed by atoms with E-state index in [0.29, 0.717) is 0 Å². The van der Waals surface area contributed by atoms with Crippen molar-refractivity contribution < 1.29 is 4.79 Å². The summed E-state index contributed by atoms with van der Waals surface area (Å²) < 4.78 is 0. The van der Waals surface area contributed by atoms with Crippen molar-refractivity contribution in [2.24, 2.45) is 11.1 Å². The maximum Gasteiger partial charge on any atom is 0.233 e. The summed E-state index contributed by atoms with van der Waals surface area (Å²) >= 11 is 0. The predicted octanol–water partition coefficient (Wildman–Crippen LogP) is 0.888. The molecule has 0 aliphatic heterocycles. The van der Waals surface area contributed by atoms with Crippen LogP contribution in [0.25, 0.3) is 0 Å². The van der Waals surface area contributed by atoms with E-state index in [0.717, 1.165) is 19.4 Å². The second-order valence-corrected chi connectivity index (χ2v) is 3.90. The summed E-state index contributed by atoms with van der Waals surface area (Å²) in [6, 6.07) is 0. The van der Waals surface area contributed by atoms with Crippen LogP contribution in [0.5, 0.6) is 0 Å². The quantitative estimate of drug-likeness (QED) is 0.647. The van der Waals surface area contributed by atoms with Gasteiger partial charge in [0.15, 0.2) is 0 Å². The molecule has 0 saturated carbocycles. The maximum absolute atomic E-state index is 10.8. The number of hydrogen-bond acceptors (Lipinski definition) is 2. The highest BCUT2D eigenvalue weighted by molar-refractivity contribution is 5.77. The summed E-state index contributed by atoms with van der Waals surface area (Å²) in [4.78, 5) is 10.8. The molecule has 0 atom stereocenters. The lowest BCUT2D eigenvalue weighted by atomic mass is 9.88. The fraction of sp³-hybridized carbons (Fsp3) is 0.889. The molecule has 3 heteroatoms. The number of carbonyl (C=O) groups is 1. The van der Waals surface area contributed by atoms with E-state index in [1.165, 1.54) is 0 Å². The van der Waals surface area contributed by atoms with E-state index in [4.69, 9.17) is 5.73 Å². The van der Waals surface area contributed by atoms with Gasteiger partial charge in [-0.15, -0.1) is 0 Å². The molecule has 3 nitrogen and oxygen atoms in total. The fourth-order valence-electron chi connectivity index (χ4n) is 1.18. The second kappa shape index (κ2) is 5.14. The molecule has 0 unspecified atom stereocenters. The summed E-state index contributed by atoms with van der Waals surface area (Å²) in [5.41, 5.74) is 5.36. The molecule has 0 aliphatic carbocycles. The Morgan fingerprint density at radius 3 is 2.50 bits per heavy atom. The molecule has 0 aliphatic rings. The lowest BCUT2D eigenvalue weighted by Gasteiger charge is -2.23. The van der Waals surface area contributed by atoms with Gasteiger partial charge in [0.2, 0.25) is 5.91 Å². The Morgan fingerprint density at radius 1 is 1.50 bits per heavy atom. The van der Waals surface area contributed by atoms with E-state index in [1.54, 1.807) is 0 Å². The standard InChI is InChI=1S/C9H20N2O/c1-4-5-9(2,3)7-11-8(12)6-10/h4-7,10H2,1-3H3,(H,11,12). The van der Waals surface area contributed by atoms with Crippen molar-refractivity contribution in [2.75, 3.05) is 13.1 Å². The average Bonchev–Trinajstić information content (AvgIpc) is 2.00. The first-order chi connectivity index (χ1) is 5.52. The largest absolute Gasteiger partial charge is 0.354 e. The Labute approximate surface area is 74.7 Å². The SMILES string of the molecule is CCCC(C)(C)CNC(=O)CN. The van der Waals surface area contributed by atoms with Crippen LogP contribution in [0, 0.1) is 5.41 Å². The minimum atomic E-state index is -0.0702. The van der Waals surface area contributed by atoms with E-state index in [1.807, 2.05) is 0 Å². The van der Waals surface area contributed by atoms with E-state index >= 15 is 0 Å².